The summed E-state index contributed by atoms with van der Waals surface area (Å²) >= 11 is 0. The highest BCUT2D eigenvalue weighted by Gasteiger charge is 2.35. The van der Waals surface area contributed by atoms with Crippen molar-refractivity contribution in [3.05, 3.63) is 35.9 Å². The van der Waals surface area contributed by atoms with Gasteiger partial charge in [-0.1, -0.05) is 71.9 Å². The lowest BCUT2D eigenvalue weighted by molar-refractivity contribution is -0.143. The highest BCUT2D eigenvalue weighted by Crippen LogP contribution is 2.14. The molecule has 1 aromatic rings. The first-order chi connectivity index (χ1) is 31.6. The summed E-state index contributed by atoms with van der Waals surface area (Å²) in [6, 6.07) is -2.62. The van der Waals surface area contributed by atoms with Gasteiger partial charge >= 0.3 is 17.9 Å². The Balaban J connectivity index is 3.12. The van der Waals surface area contributed by atoms with E-state index in [4.69, 9.17) is 16.6 Å². The average Bonchev–Trinajstić information content (AvgIpc) is 3.23. The summed E-state index contributed by atoms with van der Waals surface area (Å²) in [5.41, 5.74) is 11.8. The molecule has 380 valence electrons. The Labute approximate surface area is 394 Å². The topological polar surface area (TPSA) is 405 Å². The van der Waals surface area contributed by atoms with E-state index in [0.29, 0.717) is 5.56 Å². The number of aliphatic hydroxyl groups excluding tert-OH is 1. The van der Waals surface area contributed by atoms with E-state index in [-0.39, 0.29) is 25.2 Å². The number of primary amides is 1. The van der Waals surface area contributed by atoms with Crippen molar-refractivity contribution in [1.29, 1.82) is 0 Å². The molecule has 15 N–H and O–H groups in total. The monoisotopic (exact) mass is 963 g/mol. The summed E-state index contributed by atoms with van der Waals surface area (Å²) in [5.74, 6) is -12.6. The summed E-state index contributed by atoms with van der Waals surface area (Å²) in [5, 5.41) is 56.2. The van der Waals surface area contributed by atoms with Crippen LogP contribution in [0.3, 0.4) is 0 Å². The van der Waals surface area contributed by atoms with Crippen molar-refractivity contribution >= 4 is 65.2 Å². The van der Waals surface area contributed by atoms with Crippen molar-refractivity contribution in [1.82, 2.24) is 37.2 Å². The van der Waals surface area contributed by atoms with Gasteiger partial charge in [-0.15, -0.1) is 0 Å². The van der Waals surface area contributed by atoms with Crippen LogP contribution in [-0.2, 0) is 59.2 Å². The summed E-state index contributed by atoms with van der Waals surface area (Å²) in [6.45, 7) is 11.0. The molecule has 24 nitrogen and oxygen atoms in total. The third-order valence-electron chi connectivity index (χ3n) is 10.4. The number of carboxylic acid groups (broad SMARTS) is 3. The van der Waals surface area contributed by atoms with E-state index in [1.807, 2.05) is 0 Å². The zero-order valence-corrected chi connectivity index (χ0v) is 39.4. The van der Waals surface area contributed by atoms with Gasteiger partial charge in [0.2, 0.25) is 47.3 Å². The van der Waals surface area contributed by atoms with Crippen molar-refractivity contribution < 1.29 is 73.2 Å². The number of benzene rings is 1. The summed E-state index contributed by atoms with van der Waals surface area (Å²) < 4.78 is 0. The molecular formula is C44H69N9O15. The van der Waals surface area contributed by atoms with Crippen molar-refractivity contribution in [2.75, 3.05) is 0 Å². The van der Waals surface area contributed by atoms with Gasteiger partial charge in [0.25, 0.3) is 0 Å². The smallest absolute Gasteiger partial charge is 0.326 e. The number of carbonyl (C=O) groups excluding carboxylic acids is 8. The Hall–Kier alpha value is -6.69. The molecule has 1 aromatic carbocycles. The second-order valence-electron chi connectivity index (χ2n) is 17.6. The molecule has 24 heteroatoms. The van der Waals surface area contributed by atoms with Crippen LogP contribution in [-0.4, -0.2) is 140 Å². The molecule has 0 aliphatic carbocycles. The molecule has 0 spiro atoms. The Bertz CT molecular complexity index is 1930. The number of nitrogens with two attached hydrogens (primary N) is 2. The van der Waals surface area contributed by atoms with Crippen molar-refractivity contribution in [2.24, 2.45) is 29.2 Å². The molecule has 0 saturated carbocycles. The van der Waals surface area contributed by atoms with Crippen LogP contribution in [0.25, 0.3) is 0 Å². The number of carboxylic acids is 3. The molecule has 0 fully saturated rings. The highest BCUT2D eigenvalue weighted by molar-refractivity contribution is 5.96. The highest BCUT2D eigenvalue weighted by atomic mass is 16.4. The Morgan fingerprint density at radius 3 is 1.57 bits per heavy atom. The molecule has 0 heterocycles. The minimum Gasteiger partial charge on any atom is -0.481 e. The molecular weight excluding hydrogens is 895 g/mol. The van der Waals surface area contributed by atoms with Crippen LogP contribution in [0.2, 0.25) is 0 Å². The third kappa shape index (κ3) is 22.2. The minimum atomic E-state index is -1.62. The molecule has 1 rings (SSSR count). The standard InChI is InChI=1S/C44H69N9O15/c1-21(2)17-28(49-41(64)29(19-32(46)55)50-43(66)37(23(5)6)53-39(62)26(45)13-15-34(57)58)31(54)20-33(56)52-36(22(3)4)42(65)47-24(7)38(61)48-27(14-16-35(59)60)40(63)51-30(44(67)68)18-25-11-9-8-10-12-25/h8-12,21-24,26-31,36-37,54H,13-20,45H2,1-7H3,(H2,46,55)(H,47,65)(H,48,61)(H,49,64)(H,50,66)(H,51,63)(H,52,56)(H,53,62)(H,57,58)(H,59,60)(H,67,68)/t24-,26-,27-,28-,29-,30-,31-,36-,37-/m0/s1. The van der Waals surface area contributed by atoms with E-state index >= 15 is 0 Å². The maximum absolute atomic E-state index is 13.6. The fourth-order valence-corrected chi connectivity index (χ4v) is 6.60. The van der Waals surface area contributed by atoms with Gasteiger partial charge in [-0.05, 0) is 49.5 Å². The van der Waals surface area contributed by atoms with Crippen molar-refractivity contribution in [3.8, 4) is 0 Å². The molecule has 0 unspecified atom stereocenters. The van der Waals surface area contributed by atoms with Gasteiger partial charge in [0, 0.05) is 19.3 Å². The van der Waals surface area contributed by atoms with Gasteiger partial charge in [0.1, 0.15) is 36.3 Å². The quantitative estimate of drug-likeness (QED) is 0.0374. The van der Waals surface area contributed by atoms with Crippen molar-refractivity contribution in [2.45, 2.75) is 154 Å². The van der Waals surface area contributed by atoms with Gasteiger partial charge in [-0.25, -0.2) is 4.79 Å². The molecule has 9 atom stereocenters. The number of aliphatic hydroxyl groups is 1. The van der Waals surface area contributed by atoms with Crippen LogP contribution in [0.1, 0.15) is 99.0 Å². The van der Waals surface area contributed by atoms with E-state index < -0.39 is 164 Å². The molecule has 0 radical (unpaired) electrons. The van der Waals surface area contributed by atoms with E-state index in [2.05, 4.69) is 37.2 Å². The number of nitrogens with one attached hydrogen (secondary N) is 7. The molecule has 0 aromatic heterocycles. The van der Waals surface area contributed by atoms with Gasteiger partial charge in [0.15, 0.2) is 0 Å². The van der Waals surface area contributed by atoms with E-state index in [1.165, 1.54) is 6.92 Å². The molecule has 68 heavy (non-hydrogen) atoms. The zero-order valence-electron chi connectivity index (χ0n) is 39.4. The van der Waals surface area contributed by atoms with Crippen LogP contribution < -0.4 is 48.7 Å². The van der Waals surface area contributed by atoms with Gasteiger partial charge in [0.05, 0.1) is 31.0 Å². The number of rotatable bonds is 31. The first kappa shape index (κ1) is 59.3. The van der Waals surface area contributed by atoms with Gasteiger partial charge in [-0.3, -0.25) is 47.9 Å². The summed E-state index contributed by atoms with van der Waals surface area (Å²) in [7, 11) is 0. The maximum Gasteiger partial charge on any atom is 0.326 e. The molecule has 0 bridgehead atoms. The van der Waals surface area contributed by atoms with Gasteiger partial charge in [-0.2, -0.15) is 0 Å². The summed E-state index contributed by atoms with van der Waals surface area (Å²) in [6.07, 6.45) is -4.67. The minimum absolute atomic E-state index is 0.0759. The van der Waals surface area contributed by atoms with E-state index in [1.54, 1.807) is 71.9 Å². The molecule has 0 saturated heterocycles. The lowest BCUT2D eigenvalue weighted by Gasteiger charge is -2.30. The van der Waals surface area contributed by atoms with E-state index in [9.17, 15) is 68.1 Å². The largest absolute Gasteiger partial charge is 0.481 e. The molecule has 0 aliphatic rings. The average molecular weight is 964 g/mol. The van der Waals surface area contributed by atoms with Gasteiger partial charge < -0.3 is 69.1 Å². The van der Waals surface area contributed by atoms with E-state index in [0.717, 1.165) is 0 Å². The lowest BCUT2D eigenvalue weighted by Crippen LogP contribution is -2.59. The van der Waals surface area contributed by atoms with Crippen molar-refractivity contribution in [3.63, 3.8) is 0 Å². The predicted molar refractivity (Wildman–Crippen MR) is 242 cm³/mol. The van der Waals surface area contributed by atoms with Crippen LogP contribution in [0.15, 0.2) is 30.3 Å². The number of aliphatic carboxylic acids is 3. The third-order valence-corrected chi connectivity index (χ3v) is 10.4. The molecule has 8 amide bonds. The first-order valence-corrected chi connectivity index (χ1v) is 22.2. The Morgan fingerprint density at radius 2 is 1.06 bits per heavy atom. The normalized spacial score (nSPS) is 15.2. The number of amides is 8. The zero-order chi connectivity index (χ0) is 52.0. The fourth-order valence-electron chi connectivity index (χ4n) is 6.60. The Morgan fingerprint density at radius 1 is 0.559 bits per heavy atom. The SMILES string of the molecule is CC(C)C[C@H](NC(=O)[C@H](CC(N)=O)NC(=O)[C@@H](NC(=O)[C@@H](N)CCC(=O)O)C(C)C)[C@@H](O)CC(=O)N[C@H](C(=O)N[C@@H](C)C(=O)N[C@@H](CCC(=O)O)C(=O)N[C@@H](Cc1ccccc1)C(=O)O)C(C)C. The lowest BCUT2D eigenvalue weighted by atomic mass is 9.95. The number of hydrogen-bond donors (Lipinski definition) is 13. The summed E-state index contributed by atoms with van der Waals surface area (Å²) in [4.78, 5) is 139. The Kier molecular flexibility index (Phi) is 25.4. The second-order valence-corrected chi connectivity index (χ2v) is 17.6. The fraction of sp³-hybridized carbons (Fsp3) is 0.614. The van der Waals surface area contributed by atoms with Crippen LogP contribution >= 0.6 is 0 Å². The number of carbonyl (C=O) groups is 11. The van der Waals surface area contributed by atoms with Crippen LogP contribution in [0, 0.1) is 17.8 Å². The molecule has 0 aliphatic heterocycles. The second kappa shape index (κ2) is 29.2. The van der Waals surface area contributed by atoms with Crippen LogP contribution in [0.5, 0.6) is 0 Å². The van der Waals surface area contributed by atoms with Crippen LogP contribution in [0.4, 0.5) is 0 Å². The first-order valence-electron chi connectivity index (χ1n) is 22.2. The predicted octanol–water partition coefficient (Wildman–Crippen LogP) is -2.23. The number of hydrogen-bond acceptors (Lipinski definition) is 13. The maximum atomic E-state index is 13.6.